The van der Waals surface area contributed by atoms with Gasteiger partial charge in [0.05, 0.1) is 0 Å². The van der Waals surface area contributed by atoms with Gasteiger partial charge in [-0.15, -0.1) is 24.0 Å². The Bertz CT molecular complexity index is 380. The third-order valence-corrected chi connectivity index (χ3v) is 2.42. The highest BCUT2D eigenvalue weighted by molar-refractivity contribution is 14.0. The molecule has 0 aliphatic carbocycles. The van der Waals surface area contributed by atoms with Gasteiger partial charge in [-0.05, 0) is 30.0 Å². The number of hydrogen-bond acceptors (Lipinski definition) is 2. The van der Waals surface area contributed by atoms with Crippen LogP contribution >= 0.6 is 24.0 Å². The van der Waals surface area contributed by atoms with Gasteiger partial charge in [0.2, 0.25) is 0 Å². The first kappa shape index (κ1) is 17.2. The number of aliphatic hydroxyl groups excluding tert-OH is 1. The van der Waals surface area contributed by atoms with Crippen LogP contribution in [0.25, 0.3) is 0 Å². The molecule has 0 heterocycles. The van der Waals surface area contributed by atoms with E-state index >= 15 is 0 Å². The van der Waals surface area contributed by atoms with Crippen LogP contribution in [-0.2, 0) is 0 Å². The zero-order valence-electron chi connectivity index (χ0n) is 10.9. The topological polar surface area (TPSA) is 70.6 Å². The number of hydrogen-bond donors (Lipinski definition) is 3. The Balaban J connectivity index is 0.00000289. The number of aliphatic imine (C=N–C) groups is 1. The van der Waals surface area contributed by atoms with Gasteiger partial charge in [0.25, 0.3) is 0 Å². The summed E-state index contributed by atoms with van der Waals surface area (Å²) in [4.78, 5) is 4.11. The number of rotatable bonds is 5. The van der Waals surface area contributed by atoms with Crippen LogP contribution in [0, 0.1) is 0 Å². The van der Waals surface area contributed by atoms with Crippen LogP contribution in [0.15, 0.2) is 29.3 Å². The molecule has 0 aliphatic rings. The van der Waals surface area contributed by atoms with E-state index in [-0.39, 0.29) is 30.6 Å². The van der Waals surface area contributed by atoms with Gasteiger partial charge >= 0.3 is 0 Å². The Morgan fingerprint density at radius 2 is 2.17 bits per heavy atom. The minimum Gasteiger partial charge on any atom is -0.396 e. The summed E-state index contributed by atoms with van der Waals surface area (Å²) in [6.45, 7) is 4.98. The first-order valence-electron chi connectivity index (χ1n) is 5.91. The minimum atomic E-state index is 0. The predicted molar refractivity (Wildman–Crippen MR) is 87.8 cm³/mol. The molecular formula is C13H22IN3O. The van der Waals surface area contributed by atoms with Crippen molar-refractivity contribution in [2.75, 3.05) is 18.5 Å². The van der Waals surface area contributed by atoms with Crippen molar-refractivity contribution in [3.8, 4) is 0 Å². The molecule has 1 rings (SSSR count). The Morgan fingerprint density at radius 1 is 1.44 bits per heavy atom. The van der Waals surface area contributed by atoms with E-state index in [1.54, 1.807) is 0 Å². The lowest BCUT2D eigenvalue weighted by Crippen LogP contribution is -2.23. The third-order valence-electron chi connectivity index (χ3n) is 2.42. The first-order valence-corrected chi connectivity index (χ1v) is 5.91. The van der Waals surface area contributed by atoms with Crippen LogP contribution in [0.4, 0.5) is 5.69 Å². The molecule has 0 amide bonds. The standard InChI is InChI=1S/C13H21N3O.HI/c1-10(2)11-5-3-6-12(9-11)16-13(14)15-7-4-8-17;/h3,5-6,9-10,17H,4,7-8H2,1-2H3,(H3,14,15,16);1H. The second kappa shape index (κ2) is 9.16. The molecule has 0 radical (unpaired) electrons. The summed E-state index contributed by atoms with van der Waals surface area (Å²) in [6.07, 6.45) is 0.633. The molecule has 18 heavy (non-hydrogen) atoms. The van der Waals surface area contributed by atoms with Crippen molar-refractivity contribution in [1.29, 1.82) is 0 Å². The molecule has 0 saturated heterocycles. The van der Waals surface area contributed by atoms with Crippen LogP contribution < -0.4 is 11.1 Å². The van der Waals surface area contributed by atoms with Gasteiger partial charge in [0, 0.05) is 18.8 Å². The van der Waals surface area contributed by atoms with Crippen LogP contribution in [-0.4, -0.2) is 24.2 Å². The van der Waals surface area contributed by atoms with Gasteiger partial charge < -0.3 is 16.2 Å². The summed E-state index contributed by atoms with van der Waals surface area (Å²) < 4.78 is 0. The molecular weight excluding hydrogens is 341 g/mol. The average molecular weight is 363 g/mol. The van der Waals surface area contributed by atoms with Crippen LogP contribution in [0.1, 0.15) is 31.7 Å². The van der Waals surface area contributed by atoms with Crippen LogP contribution in [0.2, 0.25) is 0 Å². The van der Waals surface area contributed by atoms with E-state index in [9.17, 15) is 0 Å². The molecule has 0 fully saturated rings. The van der Waals surface area contributed by atoms with Crippen molar-refractivity contribution in [3.05, 3.63) is 29.8 Å². The van der Waals surface area contributed by atoms with Gasteiger partial charge in [-0.2, -0.15) is 0 Å². The number of nitrogens with one attached hydrogen (secondary N) is 1. The van der Waals surface area contributed by atoms with Gasteiger partial charge in [-0.25, -0.2) is 0 Å². The summed E-state index contributed by atoms with van der Waals surface area (Å²) >= 11 is 0. The summed E-state index contributed by atoms with van der Waals surface area (Å²) in [5.74, 6) is 0.878. The molecule has 0 aromatic heterocycles. The van der Waals surface area contributed by atoms with Crippen molar-refractivity contribution in [1.82, 2.24) is 0 Å². The number of anilines is 1. The van der Waals surface area contributed by atoms with E-state index in [1.165, 1.54) is 5.56 Å². The molecule has 102 valence electrons. The minimum absolute atomic E-state index is 0. The SMILES string of the molecule is CC(C)c1cccc(NC(N)=NCCCO)c1.I. The van der Waals surface area contributed by atoms with E-state index in [2.05, 4.69) is 36.3 Å². The van der Waals surface area contributed by atoms with E-state index in [4.69, 9.17) is 10.8 Å². The molecule has 0 aliphatic heterocycles. The van der Waals surface area contributed by atoms with E-state index in [1.807, 2.05) is 12.1 Å². The molecule has 1 aromatic carbocycles. The number of guanidine groups is 1. The number of nitrogens with zero attached hydrogens (tertiary/aromatic N) is 1. The Morgan fingerprint density at radius 3 is 2.78 bits per heavy atom. The molecule has 1 aromatic rings. The second-order valence-corrected chi connectivity index (χ2v) is 4.25. The fourth-order valence-corrected chi connectivity index (χ4v) is 1.43. The molecule has 0 saturated carbocycles. The van der Waals surface area contributed by atoms with Crippen molar-refractivity contribution in [2.24, 2.45) is 10.7 Å². The maximum atomic E-state index is 8.64. The Labute approximate surface area is 126 Å². The van der Waals surface area contributed by atoms with Crippen molar-refractivity contribution >= 4 is 35.6 Å². The smallest absolute Gasteiger partial charge is 0.193 e. The lowest BCUT2D eigenvalue weighted by Gasteiger charge is -2.09. The molecule has 0 unspecified atom stereocenters. The normalized spacial score (nSPS) is 11.2. The van der Waals surface area contributed by atoms with Crippen LogP contribution in [0.3, 0.4) is 0 Å². The number of nitrogens with two attached hydrogens (primary N) is 1. The second-order valence-electron chi connectivity index (χ2n) is 4.25. The largest absolute Gasteiger partial charge is 0.396 e. The van der Waals surface area contributed by atoms with Crippen LogP contribution in [0.5, 0.6) is 0 Å². The summed E-state index contributed by atoms with van der Waals surface area (Å²) in [5.41, 5.74) is 7.94. The quantitative estimate of drug-likeness (QED) is 0.326. The van der Waals surface area contributed by atoms with Crippen molar-refractivity contribution in [3.63, 3.8) is 0 Å². The Kier molecular flexibility index (Phi) is 8.74. The molecule has 4 nitrogen and oxygen atoms in total. The number of aliphatic hydroxyl groups is 1. The highest BCUT2D eigenvalue weighted by Gasteiger charge is 2.00. The fourth-order valence-electron chi connectivity index (χ4n) is 1.43. The van der Waals surface area contributed by atoms with Crippen molar-refractivity contribution < 1.29 is 5.11 Å². The van der Waals surface area contributed by atoms with Gasteiger partial charge in [0.15, 0.2) is 5.96 Å². The Hall–Kier alpha value is -0.820. The van der Waals surface area contributed by atoms with Gasteiger partial charge in [-0.1, -0.05) is 26.0 Å². The monoisotopic (exact) mass is 363 g/mol. The summed E-state index contributed by atoms with van der Waals surface area (Å²) in [5, 5.41) is 11.7. The lowest BCUT2D eigenvalue weighted by atomic mass is 10.0. The number of halogens is 1. The average Bonchev–Trinajstić information content (AvgIpc) is 2.29. The molecule has 0 atom stereocenters. The number of benzene rings is 1. The maximum absolute atomic E-state index is 8.64. The molecule has 0 bridgehead atoms. The molecule has 0 spiro atoms. The molecule has 5 heteroatoms. The lowest BCUT2D eigenvalue weighted by molar-refractivity contribution is 0.291. The fraction of sp³-hybridized carbons (Fsp3) is 0.462. The zero-order chi connectivity index (χ0) is 12.7. The first-order chi connectivity index (χ1) is 8.13. The van der Waals surface area contributed by atoms with Gasteiger partial charge in [-0.3, -0.25) is 4.99 Å². The van der Waals surface area contributed by atoms with E-state index in [0.29, 0.717) is 24.8 Å². The molecule has 4 N–H and O–H groups in total. The van der Waals surface area contributed by atoms with Crippen molar-refractivity contribution in [2.45, 2.75) is 26.2 Å². The zero-order valence-corrected chi connectivity index (χ0v) is 13.2. The summed E-state index contributed by atoms with van der Waals surface area (Å²) in [6, 6.07) is 8.12. The predicted octanol–water partition coefficient (Wildman–Crippen LogP) is 2.54. The highest BCUT2D eigenvalue weighted by atomic mass is 127. The van der Waals surface area contributed by atoms with E-state index < -0.39 is 0 Å². The third kappa shape index (κ3) is 6.20. The van der Waals surface area contributed by atoms with Gasteiger partial charge in [0.1, 0.15) is 0 Å². The summed E-state index contributed by atoms with van der Waals surface area (Å²) in [7, 11) is 0. The highest BCUT2D eigenvalue weighted by Crippen LogP contribution is 2.18. The van der Waals surface area contributed by atoms with E-state index in [0.717, 1.165) is 5.69 Å². The maximum Gasteiger partial charge on any atom is 0.193 e.